The van der Waals surface area contributed by atoms with Crippen LogP contribution < -0.4 is 0 Å². The third-order valence-electron chi connectivity index (χ3n) is 0.820. The molecular weight excluding hydrogens is 214 g/mol. The van der Waals surface area contributed by atoms with Crippen LogP contribution in [0.5, 0.6) is 0 Å². The molecule has 1 N–H and O–H groups in total. The lowest BCUT2D eigenvalue weighted by Crippen LogP contribution is -2.35. The molecule has 66 valence electrons. The van der Waals surface area contributed by atoms with Crippen LogP contribution in [-0.4, -0.2) is 27.6 Å². The van der Waals surface area contributed by atoms with Gasteiger partial charge in [-0.3, -0.25) is 0 Å². The molecule has 0 aliphatic carbocycles. The van der Waals surface area contributed by atoms with Crippen molar-refractivity contribution in [1.29, 1.82) is 0 Å². The van der Waals surface area contributed by atoms with Gasteiger partial charge in [0.1, 0.15) is 0 Å². The second-order valence-corrected chi connectivity index (χ2v) is 4.07. The number of esters is 1. The molecule has 1 atom stereocenters. The maximum Gasteiger partial charge on any atom is 0.339 e. The van der Waals surface area contributed by atoms with Gasteiger partial charge in [0.15, 0.2) is 6.10 Å². The zero-order valence-corrected chi connectivity index (χ0v) is 7.95. The molecule has 0 bridgehead atoms. The molecule has 0 rings (SSSR count). The number of aliphatic hydroxyl groups is 1. The van der Waals surface area contributed by atoms with Gasteiger partial charge in [-0.05, 0) is 6.92 Å². The number of ether oxygens (including phenoxy) is 1. The van der Waals surface area contributed by atoms with Crippen LogP contribution in [0.4, 0.5) is 0 Å². The second-order valence-electron chi connectivity index (χ2n) is 1.70. The molecule has 1 unspecified atom stereocenters. The quantitative estimate of drug-likeness (QED) is 0.564. The Hall–Kier alpha value is 0.300. The van der Waals surface area contributed by atoms with Crippen molar-refractivity contribution >= 4 is 40.8 Å². The second kappa shape index (κ2) is 4.36. The summed E-state index contributed by atoms with van der Waals surface area (Å²) in [4.78, 5) is 10.7. The van der Waals surface area contributed by atoms with E-state index in [4.69, 9.17) is 39.9 Å². The maximum absolute atomic E-state index is 10.7. The van der Waals surface area contributed by atoms with Crippen LogP contribution in [0.1, 0.15) is 6.92 Å². The Bertz CT molecular complexity index is 142. The monoisotopic (exact) mass is 220 g/mol. The summed E-state index contributed by atoms with van der Waals surface area (Å²) >= 11 is 15.6. The number of carbonyl (C=O) groups is 1. The largest absolute Gasteiger partial charge is 0.464 e. The zero-order chi connectivity index (χ0) is 9.07. The summed E-state index contributed by atoms with van der Waals surface area (Å²) in [6, 6.07) is 0. The average Bonchev–Trinajstić information content (AvgIpc) is 1.85. The first kappa shape index (κ1) is 11.3. The molecule has 0 spiro atoms. The van der Waals surface area contributed by atoms with Crippen LogP contribution in [0.3, 0.4) is 0 Å². The lowest BCUT2D eigenvalue weighted by atomic mass is 10.4. The van der Waals surface area contributed by atoms with E-state index in [9.17, 15) is 4.79 Å². The highest BCUT2D eigenvalue weighted by Crippen LogP contribution is 2.30. The zero-order valence-electron chi connectivity index (χ0n) is 5.68. The van der Waals surface area contributed by atoms with Crippen LogP contribution in [-0.2, 0) is 9.53 Å². The number of hydrogen-bond acceptors (Lipinski definition) is 3. The molecular formula is C5H7Cl3O3. The van der Waals surface area contributed by atoms with E-state index in [0.29, 0.717) is 0 Å². The number of alkyl halides is 3. The van der Waals surface area contributed by atoms with Crippen LogP contribution in [0, 0.1) is 0 Å². The highest BCUT2D eigenvalue weighted by atomic mass is 35.6. The fourth-order valence-corrected chi connectivity index (χ4v) is 0.622. The number of halogens is 3. The Morgan fingerprint density at radius 2 is 2.09 bits per heavy atom. The first-order valence-electron chi connectivity index (χ1n) is 2.81. The minimum atomic E-state index is -2.02. The molecule has 0 radical (unpaired) electrons. The fourth-order valence-electron chi connectivity index (χ4n) is 0.355. The minimum Gasteiger partial charge on any atom is -0.464 e. The summed E-state index contributed by atoms with van der Waals surface area (Å²) in [7, 11) is 0. The van der Waals surface area contributed by atoms with Gasteiger partial charge in [-0.15, -0.1) is 0 Å². The minimum absolute atomic E-state index is 0.136. The Labute approximate surface area is 79.2 Å². The lowest BCUT2D eigenvalue weighted by molar-refractivity contribution is -0.152. The molecule has 0 aromatic carbocycles. The van der Waals surface area contributed by atoms with E-state index in [-0.39, 0.29) is 6.61 Å². The molecule has 0 heterocycles. The van der Waals surface area contributed by atoms with E-state index in [0.717, 1.165) is 0 Å². The van der Waals surface area contributed by atoms with Gasteiger partial charge in [0.25, 0.3) is 0 Å². The molecule has 0 fully saturated rings. The molecule has 3 nitrogen and oxygen atoms in total. The van der Waals surface area contributed by atoms with E-state index in [1.807, 2.05) is 0 Å². The van der Waals surface area contributed by atoms with E-state index < -0.39 is 15.9 Å². The standard InChI is InChI=1S/C5H7Cl3O3/c1-2-11-4(10)3(9)5(6,7)8/h3,9H,2H2,1H3. The lowest BCUT2D eigenvalue weighted by Gasteiger charge is -2.16. The highest BCUT2D eigenvalue weighted by molar-refractivity contribution is 6.68. The maximum atomic E-state index is 10.7. The molecule has 0 aromatic rings. The third kappa shape index (κ3) is 4.01. The topological polar surface area (TPSA) is 46.5 Å². The van der Waals surface area contributed by atoms with Gasteiger partial charge in [0.2, 0.25) is 3.79 Å². The van der Waals surface area contributed by atoms with Crippen LogP contribution in [0.2, 0.25) is 0 Å². The molecule has 0 amide bonds. The van der Waals surface area contributed by atoms with Crippen molar-refractivity contribution < 1.29 is 14.6 Å². The molecule has 0 aromatic heterocycles. The van der Waals surface area contributed by atoms with Crippen molar-refractivity contribution in [2.75, 3.05) is 6.61 Å². The Kier molecular flexibility index (Phi) is 4.48. The summed E-state index contributed by atoms with van der Waals surface area (Å²) in [5.74, 6) is -0.937. The Balaban J connectivity index is 4.03. The van der Waals surface area contributed by atoms with Gasteiger partial charge < -0.3 is 9.84 Å². The smallest absolute Gasteiger partial charge is 0.339 e. The molecule has 0 aliphatic rings. The van der Waals surface area contributed by atoms with E-state index in [1.165, 1.54) is 0 Å². The molecule has 11 heavy (non-hydrogen) atoms. The SMILES string of the molecule is CCOC(=O)C(O)C(Cl)(Cl)Cl. The Morgan fingerprint density at radius 3 is 2.36 bits per heavy atom. The summed E-state index contributed by atoms with van der Waals surface area (Å²) in [6.07, 6.45) is -1.73. The van der Waals surface area contributed by atoms with Gasteiger partial charge in [-0.1, -0.05) is 34.8 Å². The summed E-state index contributed by atoms with van der Waals surface area (Å²) in [6.45, 7) is 1.72. The average molecular weight is 221 g/mol. The van der Waals surface area contributed by atoms with Crippen molar-refractivity contribution in [1.82, 2.24) is 0 Å². The van der Waals surface area contributed by atoms with Gasteiger partial charge in [0, 0.05) is 0 Å². The van der Waals surface area contributed by atoms with Crippen LogP contribution >= 0.6 is 34.8 Å². The molecule has 0 saturated carbocycles. The van der Waals surface area contributed by atoms with Crippen LogP contribution in [0.15, 0.2) is 0 Å². The molecule has 0 saturated heterocycles. The number of hydrogen-bond donors (Lipinski definition) is 1. The Morgan fingerprint density at radius 1 is 1.64 bits per heavy atom. The highest BCUT2D eigenvalue weighted by Gasteiger charge is 2.37. The fraction of sp³-hybridized carbons (Fsp3) is 0.800. The van der Waals surface area contributed by atoms with Gasteiger partial charge in [0.05, 0.1) is 6.61 Å². The molecule has 6 heteroatoms. The third-order valence-corrected chi connectivity index (χ3v) is 1.44. The summed E-state index contributed by atoms with van der Waals surface area (Å²) in [5.41, 5.74) is 0. The number of rotatable bonds is 2. The van der Waals surface area contributed by atoms with Crippen molar-refractivity contribution in [3.05, 3.63) is 0 Å². The van der Waals surface area contributed by atoms with E-state index in [2.05, 4.69) is 4.74 Å². The van der Waals surface area contributed by atoms with E-state index >= 15 is 0 Å². The summed E-state index contributed by atoms with van der Waals surface area (Å²) in [5, 5.41) is 8.91. The van der Waals surface area contributed by atoms with Crippen LogP contribution in [0.25, 0.3) is 0 Å². The first-order chi connectivity index (χ1) is 4.89. The van der Waals surface area contributed by atoms with Crippen molar-refractivity contribution in [2.45, 2.75) is 16.8 Å². The number of carbonyl (C=O) groups excluding carboxylic acids is 1. The van der Waals surface area contributed by atoms with Crippen molar-refractivity contribution in [2.24, 2.45) is 0 Å². The van der Waals surface area contributed by atoms with E-state index in [1.54, 1.807) is 6.92 Å². The predicted molar refractivity (Wildman–Crippen MR) is 42.9 cm³/mol. The van der Waals surface area contributed by atoms with Crippen molar-refractivity contribution in [3.8, 4) is 0 Å². The first-order valence-corrected chi connectivity index (χ1v) is 3.94. The van der Waals surface area contributed by atoms with Gasteiger partial charge >= 0.3 is 5.97 Å². The number of aliphatic hydroxyl groups excluding tert-OH is 1. The van der Waals surface area contributed by atoms with Gasteiger partial charge in [-0.2, -0.15) is 0 Å². The normalized spacial score (nSPS) is 14.3. The van der Waals surface area contributed by atoms with Gasteiger partial charge in [-0.25, -0.2) is 4.79 Å². The predicted octanol–water partition coefficient (Wildman–Crippen LogP) is 1.28. The summed E-state index contributed by atoms with van der Waals surface area (Å²) < 4.78 is 2.37. The molecule has 0 aliphatic heterocycles. The van der Waals surface area contributed by atoms with Crippen molar-refractivity contribution in [3.63, 3.8) is 0 Å².